The molecule has 11 heteroatoms. The lowest BCUT2D eigenvalue weighted by Gasteiger charge is -2.28. The molecular formula is C18H21F3N4O3S. The number of aromatic nitrogens is 1. The molecule has 0 bridgehead atoms. The molecule has 1 aromatic carbocycles. The number of carbonyl (C=O) groups is 2. The van der Waals surface area contributed by atoms with Gasteiger partial charge in [-0.1, -0.05) is 0 Å². The molecule has 0 radical (unpaired) electrons. The number of nitrogens with one attached hydrogen (secondary N) is 1. The highest BCUT2D eigenvalue weighted by Crippen LogP contribution is 2.29. The maximum absolute atomic E-state index is 12.3. The predicted molar refractivity (Wildman–Crippen MR) is 102 cm³/mol. The zero-order chi connectivity index (χ0) is 21.0. The summed E-state index contributed by atoms with van der Waals surface area (Å²) in [6.07, 6.45) is -4.75. The SMILES string of the molecule is CN(CC(=O)Cc1nc2ccc(OC(F)(F)F)cc2s1)C(=O)CN1CCNCC1. The Morgan fingerprint density at radius 1 is 1.31 bits per heavy atom. The molecule has 2 heterocycles. The number of rotatable bonds is 7. The van der Waals surface area contributed by atoms with Gasteiger partial charge in [0, 0.05) is 33.2 Å². The maximum Gasteiger partial charge on any atom is 0.573 e. The summed E-state index contributed by atoms with van der Waals surface area (Å²) in [5.74, 6) is -0.643. The van der Waals surface area contributed by atoms with Crippen LogP contribution in [0.4, 0.5) is 13.2 Å². The van der Waals surface area contributed by atoms with E-state index in [4.69, 9.17) is 0 Å². The third kappa shape index (κ3) is 6.38. The van der Waals surface area contributed by atoms with Gasteiger partial charge in [-0.25, -0.2) is 4.98 Å². The minimum atomic E-state index is -4.76. The van der Waals surface area contributed by atoms with E-state index in [-0.39, 0.29) is 37.0 Å². The molecule has 0 saturated carbocycles. The highest BCUT2D eigenvalue weighted by atomic mass is 32.1. The van der Waals surface area contributed by atoms with Crippen molar-refractivity contribution in [2.24, 2.45) is 0 Å². The van der Waals surface area contributed by atoms with E-state index in [0.29, 0.717) is 15.2 Å². The Kier molecular flexibility index (Phi) is 6.70. The molecule has 0 atom stereocenters. The second-order valence-electron chi connectivity index (χ2n) is 6.78. The topological polar surface area (TPSA) is 74.8 Å². The number of benzene rings is 1. The smallest absolute Gasteiger partial charge is 0.406 e. The van der Waals surface area contributed by atoms with Crippen molar-refractivity contribution >= 4 is 33.2 Å². The molecule has 1 saturated heterocycles. The van der Waals surface area contributed by atoms with Crippen LogP contribution in [-0.4, -0.2) is 79.2 Å². The summed E-state index contributed by atoms with van der Waals surface area (Å²) < 4.78 is 41.4. The highest BCUT2D eigenvalue weighted by molar-refractivity contribution is 7.18. The molecule has 7 nitrogen and oxygen atoms in total. The van der Waals surface area contributed by atoms with Gasteiger partial charge in [0.25, 0.3) is 0 Å². The molecule has 2 aromatic rings. The number of Topliss-reactive ketones (excluding diaryl/α,β-unsaturated/α-hetero) is 1. The lowest BCUT2D eigenvalue weighted by atomic mass is 10.2. The number of piperazine rings is 1. The molecule has 1 aromatic heterocycles. The van der Waals surface area contributed by atoms with E-state index in [0.717, 1.165) is 37.5 Å². The van der Waals surface area contributed by atoms with E-state index in [9.17, 15) is 22.8 Å². The van der Waals surface area contributed by atoms with Gasteiger partial charge in [-0.05, 0) is 18.2 Å². The van der Waals surface area contributed by atoms with Gasteiger partial charge >= 0.3 is 6.36 Å². The van der Waals surface area contributed by atoms with Crippen molar-refractivity contribution in [1.82, 2.24) is 20.1 Å². The number of halogens is 3. The minimum absolute atomic E-state index is 0.0140. The van der Waals surface area contributed by atoms with Gasteiger partial charge in [0.05, 0.1) is 29.7 Å². The number of nitrogens with zero attached hydrogens (tertiary/aromatic N) is 3. The first-order valence-electron chi connectivity index (χ1n) is 9.03. The number of fused-ring (bicyclic) bond motifs is 1. The van der Waals surface area contributed by atoms with Crippen LogP contribution < -0.4 is 10.1 Å². The molecule has 158 valence electrons. The molecule has 0 spiro atoms. The van der Waals surface area contributed by atoms with Gasteiger partial charge in [-0.3, -0.25) is 14.5 Å². The molecule has 1 aliphatic rings. The van der Waals surface area contributed by atoms with Crippen LogP contribution in [0.25, 0.3) is 10.2 Å². The Morgan fingerprint density at radius 3 is 2.72 bits per heavy atom. The Morgan fingerprint density at radius 2 is 2.03 bits per heavy atom. The fourth-order valence-electron chi connectivity index (χ4n) is 2.98. The van der Waals surface area contributed by atoms with E-state index in [1.54, 1.807) is 7.05 Å². The van der Waals surface area contributed by atoms with Crippen molar-refractivity contribution < 1.29 is 27.5 Å². The standard InChI is InChI=1S/C18H21F3N4O3S/c1-24(17(27)11-25-6-4-22-5-7-25)10-12(26)8-16-23-14-3-2-13(9-15(14)29-16)28-18(19,20)21/h2-3,9,22H,4-8,10-11H2,1H3. The normalized spacial score (nSPS) is 15.4. The lowest BCUT2D eigenvalue weighted by molar-refractivity contribution is -0.274. The number of carbonyl (C=O) groups excluding carboxylic acids is 2. The average molecular weight is 430 g/mol. The van der Waals surface area contributed by atoms with Crippen molar-refractivity contribution in [3.8, 4) is 5.75 Å². The van der Waals surface area contributed by atoms with Crippen molar-refractivity contribution in [3.05, 3.63) is 23.2 Å². The summed E-state index contributed by atoms with van der Waals surface area (Å²) in [7, 11) is 1.58. The first kappa shape index (κ1) is 21.5. The number of ether oxygens (including phenoxy) is 1. The third-order valence-corrected chi connectivity index (χ3v) is 5.41. The summed E-state index contributed by atoms with van der Waals surface area (Å²) in [6, 6.07) is 3.85. The number of hydrogen-bond donors (Lipinski definition) is 1. The van der Waals surface area contributed by atoms with Gasteiger partial charge in [-0.2, -0.15) is 0 Å². The summed E-state index contributed by atoms with van der Waals surface area (Å²) in [5.41, 5.74) is 0.496. The van der Waals surface area contributed by atoms with Crippen molar-refractivity contribution in [2.45, 2.75) is 12.8 Å². The monoisotopic (exact) mass is 430 g/mol. The molecule has 1 N–H and O–H groups in total. The van der Waals surface area contributed by atoms with Gasteiger partial charge in [-0.15, -0.1) is 24.5 Å². The largest absolute Gasteiger partial charge is 0.573 e. The number of alkyl halides is 3. The van der Waals surface area contributed by atoms with Gasteiger partial charge in [0.15, 0.2) is 5.78 Å². The van der Waals surface area contributed by atoms with Crippen LogP contribution in [-0.2, 0) is 16.0 Å². The number of likely N-dealkylation sites (N-methyl/N-ethyl adjacent to an activating group) is 1. The first-order chi connectivity index (χ1) is 13.7. The third-order valence-electron chi connectivity index (χ3n) is 4.39. The summed E-state index contributed by atoms with van der Waals surface area (Å²) in [6.45, 7) is 3.49. The second kappa shape index (κ2) is 9.06. The van der Waals surface area contributed by atoms with Crippen LogP contribution in [0.1, 0.15) is 5.01 Å². The summed E-state index contributed by atoms with van der Waals surface area (Å²) >= 11 is 1.13. The zero-order valence-corrected chi connectivity index (χ0v) is 16.6. The van der Waals surface area contributed by atoms with E-state index < -0.39 is 6.36 Å². The molecule has 29 heavy (non-hydrogen) atoms. The van der Waals surface area contributed by atoms with E-state index in [1.165, 1.54) is 23.1 Å². The summed E-state index contributed by atoms with van der Waals surface area (Å²) in [4.78, 5) is 32.3. The van der Waals surface area contributed by atoms with Crippen molar-refractivity contribution in [2.75, 3.05) is 46.3 Å². The molecule has 1 aliphatic heterocycles. The molecule has 0 aliphatic carbocycles. The zero-order valence-electron chi connectivity index (χ0n) is 15.8. The van der Waals surface area contributed by atoms with E-state index in [1.807, 2.05) is 4.90 Å². The number of hydrogen-bond acceptors (Lipinski definition) is 7. The fraction of sp³-hybridized carbons (Fsp3) is 0.500. The van der Waals surface area contributed by atoms with Crippen LogP contribution >= 0.6 is 11.3 Å². The van der Waals surface area contributed by atoms with Crippen LogP contribution in [0.3, 0.4) is 0 Å². The fourth-order valence-corrected chi connectivity index (χ4v) is 4.01. The molecule has 0 unspecified atom stereocenters. The van der Waals surface area contributed by atoms with Crippen LogP contribution in [0.2, 0.25) is 0 Å². The quantitative estimate of drug-likeness (QED) is 0.721. The van der Waals surface area contributed by atoms with Crippen molar-refractivity contribution in [3.63, 3.8) is 0 Å². The van der Waals surface area contributed by atoms with Crippen LogP contribution in [0, 0.1) is 0 Å². The van der Waals surface area contributed by atoms with Crippen LogP contribution in [0.15, 0.2) is 18.2 Å². The number of thiazole rings is 1. The Labute approximate surface area is 169 Å². The van der Waals surface area contributed by atoms with Crippen molar-refractivity contribution in [1.29, 1.82) is 0 Å². The Balaban J connectivity index is 1.55. The summed E-state index contributed by atoms with van der Waals surface area (Å²) in [5, 5.41) is 3.70. The van der Waals surface area contributed by atoms with Gasteiger partial charge < -0.3 is 15.0 Å². The van der Waals surface area contributed by atoms with Crippen LogP contribution in [0.5, 0.6) is 5.75 Å². The second-order valence-corrected chi connectivity index (χ2v) is 7.89. The molecule has 1 fully saturated rings. The number of amides is 1. The Bertz CT molecular complexity index is 881. The molecule has 1 amide bonds. The Hall–Kier alpha value is -2.24. The molecule has 3 rings (SSSR count). The van der Waals surface area contributed by atoms with E-state index in [2.05, 4.69) is 15.0 Å². The highest BCUT2D eigenvalue weighted by Gasteiger charge is 2.31. The van der Waals surface area contributed by atoms with E-state index >= 15 is 0 Å². The molecular weight excluding hydrogens is 409 g/mol. The predicted octanol–water partition coefficient (Wildman–Crippen LogP) is 1.67. The van der Waals surface area contributed by atoms with Gasteiger partial charge in [0.1, 0.15) is 10.8 Å². The lowest BCUT2D eigenvalue weighted by Crippen LogP contribution is -2.48. The first-order valence-corrected chi connectivity index (χ1v) is 9.85. The average Bonchev–Trinajstić information content (AvgIpc) is 3.02. The van der Waals surface area contributed by atoms with Gasteiger partial charge in [0.2, 0.25) is 5.91 Å². The maximum atomic E-state index is 12.3. The minimum Gasteiger partial charge on any atom is -0.406 e. The number of ketones is 1.